The van der Waals surface area contributed by atoms with Crippen molar-refractivity contribution in [2.45, 2.75) is 20.3 Å². The molecule has 0 aliphatic heterocycles. The van der Waals surface area contributed by atoms with Gasteiger partial charge in [-0.15, -0.1) is 0 Å². The fraction of sp³-hybridized carbons (Fsp3) is 0.286. The zero-order valence-electron chi connectivity index (χ0n) is 16.2. The van der Waals surface area contributed by atoms with Crippen LogP contribution in [0.2, 0.25) is 0 Å². The summed E-state index contributed by atoms with van der Waals surface area (Å²) in [5.74, 6) is 0.443. The number of amides is 1. The van der Waals surface area contributed by atoms with Gasteiger partial charge in [-0.05, 0) is 67.0 Å². The van der Waals surface area contributed by atoms with Gasteiger partial charge in [0.1, 0.15) is 5.75 Å². The van der Waals surface area contributed by atoms with Gasteiger partial charge in [-0.3, -0.25) is 10.1 Å². The van der Waals surface area contributed by atoms with Gasteiger partial charge in [0, 0.05) is 11.3 Å². The summed E-state index contributed by atoms with van der Waals surface area (Å²) in [5, 5.41) is 5.69. The first-order valence-electron chi connectivity index (χ1n) is 8.92. The van der Waals surface area contributed by atoms with Crippen LogP contribution in [0.5, 0.6) is 5.75 Å². The van der Waals surface area contributed by atoms with Crippen molar-refractivity contribution in [3.63, 3.8) is 0 Å². The summed E-state index contributed by atoms with van der Waals surface area (Å²) in [4.78, 5) is 23.9. The Morgan fingerprint density at radius 3 is 2.39 bits per heavy atom. The molecule has 0 aliphatic carbocycles. The van der Waals surface area contributed by atoms with Gasteiger partial charge in [0.15, 0.2) is 5.11 Å². The van der Waals surface area contributed by atoms with Crippen molar-refractivity contribution in [1.82, 2.24) is 5.32 Å². The third kappa shape index (κ3) is 6.66. The predicted molar refractivity (Wildman–Crippen MR) is 113 cm³/mol. The Hall–Kier alpha value is -2.93. The summed E-state index contributed by atoms with van der Waals surface area (Å²) in [7, 11) is 1.29. The Labute approximate surface area is 170 Å². The largest absolute Gasteiger partial charge is 0.494 e. The van der Waals surface area contributed by atoms with Crippen LogP contribution in [0, 0.1) is 5.92 Å². The number of ether oxygens (including phenoxy) is 2. The molecule has 0 fully saturated rings. The fourth-order valence-electron chi connectivity index (χ4n) is 2.29. The molecule has 0 aromatic heterocycles. The van der Waals surface area contributed by atoms with E-state index in [0.29, 0.717) is 23.7 Å². The summed E-state index contributed by atoms with van der Waals surface area (Å²) in [6, 6.07) is 13.5. The molecule has 148 valence electrons. The molecule has 0 saturated heterocycles. The normalized spacial score (nSPS) is 10.3. The maximum Gasteiger partial charge on any atom is 0.337 e. The second kappa shape index (κ2) is 10.4. The lowest BCUT2D eigenvalue weighted by Gasteiger charge is -2.11. The number of carbonyl (C=O) groups excluding carboxylic acids is 2. The molecule has 28 heavy (non-hydrogen) atoms. The Morgan fingerprint density at radius 1 is 1.07 bits per heavy atom. The summed E-state index contributed by atoms with van der Waals surface area (Å²) in [6.45, 7) is 4.97. The third-order valence-corrected chi connectivity index (χ3v) is 4.05. The molecule has 7 heteroatoms. The van der Waals surface area contributed by atoms with Crippen molar-refractivity contribution >= 4 is 34.9 Å². The summed E-state index contributed by atoms with van der Waals surface area (Å²) in [6.07, 6.45) is 0.993. The monoisotopic (exact) mass is 400 g/mol. The minimum absolute atomic E-state index is 0.155. The predicted octanol–water partition coefficient (Wildman–Crippen LogP) is 4.02. The molecular formula is C21H24N2O4S. The van der Waals surface area contributed by atoms with E-state index in [1.165, 1.54) is 13.2 Å². The maximum atomic E-state index is 12.3. The molecule has 2 N–H and O–H groups in total. The molecule has 0 saturated carbocycles. The van der Waals surface area contributed by atoms with Crippen LogP contribution in [-0.4, -0.2) is 30.7 Å². The zero-order valence-corrected chi connectivity index (χ0v) is 17.0. The average Bonchev–Trinajstić information content (AvgIpc) is 2.68. The topological polar surface area (TPSA) is 76.7 Å². The lowest BCUT2D eigenvalue weighted by atomic mass is 10.1. The van der Waals surface area contributed by atoms with Crippen LogP contribution in [0.1, 0.15) is 41.0 Å². The number of nitrogens with one attached hydrogen (secondary N) is 2. The van der Waals surface area contributed by atoms with E-state index in [0.717, 1.165) is 17.9 Å². The SMILES string of the molecule is COC(=O)c1cccc(C(=O)NC(=S)Nc2ccc(OCCC(C)C)cc2)c1. The van der Waals surface area contributed by atoms with Gasteiger partial charge >= 0.3 is 5.97 Å². The van der Waals surface area contributed by atoms with E-state index < -0.39 is 11.9 Å². The van der Waals surface area contributed by atoms with Crippen LogP contribution in [0.15, 0.2) is 48.5 Å². The van der Waals surface area contributed by atoms with E-state index in [1.54, 1.807) is 18.2 Å². The van der Waals surface area contributed by atoms with Crippen LogP contribution in [0.3, 0.4) is 0 Å². The van der Waals surface area contributed by atoms with Crippen LogP contribution in [-0.2, 0) is 4.74 Å². The zero-order chi connectivity index (χ0) is 20.5. The molecule has 0 spiro atoms. The Balaban J connectivity index is 1.89. The van der Waals surface area contributed by atoms with Gasteiger partial charge in [-0.25, -0.2) is 4.79 Å². The molecular weight excluding hydrogens is 376 g/mol. The molecule has 0 aliphatic rings. The van der Waals surface area contributed by atoms with Gasteiger partial charge < -0.3 is 14.8 Å². The van der Waals surface area contributed by atoms with Crippen molar-refractivity contribution in [3.8, 4) is 5.75 Å². The lowest BCUT2D eigenvalue weighted by Crippen LogP contribution is -2.34. The van der Waals surface area contributed by atoms with Crippen molar-refractivity contribution < 1.29 is 19.1 Å². The number of hydrogen-bond acceptors (Lipinski definition) is 5. The van der Waals surface area contributed by atoms with E-state index >= 15 is 0 Å². The van der Waals surface area contributed by atoms with Gasteiger partial charge in [0.25, 0.3) is 5.91 Å². The first-order chi connectivity index (χ1) is 13.4. The second-order valence-corrected chi connectivity index (χ2v) is 6.94. The van der Waals surface area contributed by atoms with E-state index in [2.05, 4.69) is 29.2 Å². The highest BCUT2D eigenvalue weighted by molar-refractivity contribution is 7.80. The Bertz CT molecular complexity index is 835. The minimum atomic E-state index is -0.508. The van der Waals surface area contributed by atoms with Crippen molar-refractivity contribution in [2.24, 2.45) is 5.92 Å². The van der Waals surface area contributed by atoms with Crippen LogP contribution < -0.4 is 15.4 Å². The number of rotatable bonds is 7. The highest BCUT2D eigenvalue weighted by atomic mass is 32.1. The Kier molecular flexibility index (Phi) is 7.95. The number of hydrogen-bond donors (Lipinski definition) is 2. The van der Waals surface area contributed by atoms with Crippen LogP contribution in [0.25, 0.3) is 0 Å². The molecule has 2 aromatic carbocycles. The Morgan fingerprint density at radius 2 is 1.75 bits per heavy atom. The molecule has 1 amide bonds. The van der Waals surface area contributed by atoms with Crippen LogP contribution in [0.4, 0.5) is 5.69 Å². The average molecular weight is 401 g/mol. The van der Waals surface area contributed by atoms with Gasteiger partial charge in [-0.1, -0.05) is 19.9 Å². The molecule has 0 unspecified atom stereocenters. The van der Waals surface area contributed by atoms with Crippen molar-refractivity contribution in [1.29, 1.82) is 0 Å². The summed E-state index contributed by atoms with van der Waals surface area (Å²) >= 11 is 5.19. The number of anilines is 1. The first kappa shape index (κ1) is 21.4. The van der Waals surface area contributed by atoms with Crippen molar-refractivity contribution in [2.75, 3.05) is 19.0 Å². The quantitative estimate of drug-likeness (QED) is 0.540. The van der Waals surface area contributed by atoms with E-state index in [4.69, 9.17) is 17.0 Å². The van der Waals surface area contributed by atoms with E-state index in [9.17, 15) is 9.59 Å². The molecule has 2 aromatic rings. The van der Waals surface area contributed by atoms with Gasteiger partial charge in [0.2, 0.25) is 0 Å². The molecule has 2 rings (SSSR count). The van der Waals surface area contributed by atoms with Crippen LogP contribution >= 0.6 is 12.2 Å². The third-order valence-electron chi connectivity index (χ3n) is 3.85. The smallest absolute Gasteiger partial charge is 0.337 e. The number of carbonyl (C=O) groups is 2. The first-order valence-corrected chi connectivity index (χ1v) is 9.33. The number of methoxy groups -OCH3 is 1. The molecule has 6 nitrogen and oxygen atoms in total. The molecule has 0 radical (unpaired) electrons. The maximum absolute atomic E-state index is 12.3. The minimum Gasteiger partial charge on any atom is -0.494 e. The highest BCUT2D eigenvalue weighted by Gasteiger charge is 2.12. The van der Waals surface area contributed by atoms with Gasteiger partial charge in [-0.2, -0.15) is 0 Å². The summed E-state index contributed by atoms with van der Waals surface area (Å²) in [5.41, 5.74) is 1.33. The molecule has 0 bridgehead atoms. The highest BCUT2D eigenvalue weighted by Crippen LogP contribution is 2.16. The van der Waals surface area contributed by atoms with Gasteiger partial charge in [0.05, 0.1) is 19.3 Å². The van der Waals surface area contributed by atoms with E-state index in [-0.39, 0.29) is 5.11 Å². The molecule has 0 atom stereocenters. The number of thiocarbonyl (C=S) groups is 1. The van der Waals surface area contributed by atoms with Crippen molar-refractivity contribution in [3.05, 3.63) is 59.7 Å². The standard InChI is InChI=1S/C21H24N2O4S/c1-14(2)11-12-27-18-9-7-17(8-10-18)22-21(28)23-19(24)15-5-4-6-16(13-15)20(25)26-3/h4-10,13-14H,11-12H2,1-3H3,(H2,22,23,24,28). The molecule has 0 heterocycles. The fourth-order valence-corrected chi connectivity index (χ4v) is 2.50. The van der Waals surface area contributed by atoms with E-state index in [1.807, 2.05) is 24.3 Å². The summed E-state index contributed by atoms with van der Waals surface area (Å²) < 4.78 is 10.3. The second-order valence-electron chi connectivity index (χ2n) is 6.54. The number of benzene rings is 2. The number of esters is 1. The lowest BCUT2D eigenvalue weighted by molar-refractivity contribution is 0.0600.